The molecule has 88 valence electrons. The molecule has 0 radical (unpaired) electrons. The Morgan fingerprint density at radius 1 is 1.25 bits per heavy atom. The topological polar surface area (TPSA) is 69.7 Å². The molecule has 0 spiro atoms. The second-order valence-electron chi connectivity index (χ2n) is 2.49. The molecule has 0 amide bonds. The van der Waals surface area contributed by atoms with Crippen LogP contribution in [0.1, 0.15) is 0 Å². The quantitative estimate of drug-likeness (QED) is 0.800. The van der Waals surface area contributed by atoms with Crippen LogP contribution in [-0.4, -0.2) is 15.5 Å². The van der Waals surface area contributed by atoms with Crippen molar-refractivity contribution in [2.75, 3.05) is 7.11 Å². The number of rotatable bonds is 4. The van der Waals surface area contributed by atoms with Crippen LogP contribution < -0.4 is 0 Å². The molecule has 1 unspecified atom stereocenters. The van der Waals surface area contributed by atoms with Crippen molar-refractivity contribution in [2.24, 2.45) is 0 Å². The molecule has 1 aromatic carbocycles. The highest BCUT2D eigenvalue weighted by molar-refractivity contribution is 7.90. The summed E-state index contributed by atoms with van der Waals surface area (Å²) in [6.07, 6.45) is 0. The van der Waals surface area contributed by atoms with E-state index in [1.165, 1.54) is 18.2 Å². The van der Waals surface area contributed by atoms with Crippen LogP contribution in [0.15, 0.2) is 23.1 Å². The second kappa shape index (κ2) is 5.40. The van der Waals surface area contributed by atoms with Crippen LogP contribution in [0.5, 0.6) is 0 Å². The molecule has 0 saturated heterocycles. The van der Waals surface area contributed by atoms with Gasteiger partial charge in [0.15, 0.2) is 0 Å². The Bertz CT molecular complexity index is 495. The van der Waals surface area contributed by atoms with Gasteiger partial charge in [-0.2, -0.15) is 8.42 Å². The third kappa shape index (κ3) is 3.13. The SMILES string of the molecule is CO[P+](=O)OS(=O)(=O)c1c(Cl)cccc1Cl. The summed E-state index contributed by atoms with van der Waals surface area (Å²) in [6.45, 7) is 0. The molecular formula is C7H6Cl2O5PS+. The first-order valence-electron chi connectivity index (χ1n) is 3.78. The minimum atomic E-state index is -4.31. The fourth-order valence-electron chi connectivity index (χ4n) is 0.869. The maximum atomic E-state index is 11.6. The van der Waals surface area contributed by atoms with Crippen LogP contribution in [0.3, 0.4) is 0 Å². The molecule has 0 aromatic heterocycles. The molecule has 0 aliphatic rings. The zero-order valence-corrected chi connectivity index (χ0v) is 11.1. The first-order chi connectivity index (χ1) is 7.38. The number of hydrogen-bond donors (Lipinski definition) is 0. The van der Waals surface area contributed by atoms with E-state index in [1.807, 2.05) is 0 Å². The molecule has 1 aromatic rings. The van der Waals surface area contributed by atoms with Crippen molar-refractivity contribution in [1.29, 1.82) is 0 Å². The van der Waals surface area contributed by atoms with Gasteiger partial charge in [-0.05, 0) is 12.1 Å². The van der Waals surface area contributed by atoms with E-state index in [2.05, 4.69) is 8.49 Å². The predicted octanol–water partition coefficient (Wildman–Crippen LogP) is 3.00. The van der Waals surface area contributed by atoms with Crippen molar-refractivity contribution < 1.29 is 21.5 Å². The van der Waals surface area contributed by atoms with Gasteiger partial charge in [0.25, 0.3) is 0 Å². The average molecular weight is 304 g/mol. The van der Waals surface area contributed by atoms with Crippen molar-refractivity contribution in [3.63, 3.8) is 0 Å². The summed E-state index contributed by atoms with van der Waals surface area (Å²) in [5.41, 5.74) is 0. The van der Waals surface area contributed by atoms with E-state index < -0.39 is 23.3 Å². The zero-order chi connectivity index (χ0) is 12.3. The van der Waals surface area contributed by atoms with Crippen LogP contribution in [0.25, 0.3) is 0 Å². The van der Waals surface area contributed by atoms with E-state index in [0.717, 1.165) is 7.11 Å². The van der Waals surface area contributed by atoms with Crippen LogP contribution in [0.4, 0.5) is 0 Å². The van der Waals surface area contributed by atoms with Gasteiger partial charge in [-0.15, -0.1) is 4.52 Å². The first kappa shape index (κ1) is 13.8. The van der Waals surface area contributed by atoms with Gasteiger partial charge in [0.05, 0.1) is 17.2 Å². The summed E-state index contributed by atoms with van der Waals surface area (Å²) in [6, 6.07) is 4.12. The fraction of sp³-hybridized carbons (Fsp3) is 0.143. The molecule has 9 heteroatoms. The molecular weight excluding hydrogens is 298 g/mol. The first-order valence-corrected chi connectivity index (χ1v) is 7.04. The van der Waals surface area contributed by atoms with Crippen LogP contribution in [-0.2, 0) is 23.2 Å². The molecule has 5 nitrogen and oxygen atoms in total. The standard InChI is InChI=1S/C7H6Cl2O5PS/c1-13-15(10)14-16(11,12)7-5(8)3-2-4-6(7)9/h2-4H,1H3/q+1. The lowest BCUT2D eigenvalue weighted by molar-refractivity contribution is 0.348. The van der Waals surface area contributed by atoms with Gasteiger partial charge in [-0.3, -0.25) is 0 Å². The largest absolute Gasteiger partial charge is 0.714 e. The van der Waals surface area contributed by atoms with Crippen LogP contribution in [0.2, 0.25) is 10.0 Å². The van der Waals surface area contributed by atoms with Gasteiger partial charge in [0.2, 0.25) is 0 Å². The van der Waals surface area contributed by atoms with Gasteiger partial charge in [-0.25, -0.2) is 0 Å². The summed E-state index contributed by atoms with van der Waals surface area (Å²) in [7, 11) is -6.03. The Balaban J connectivity index is 3.23. The Hall–Kier alpha value is -0.230. The van der Waals surface area contributed by atoms with E-state index >= 15 is 0 Å². The van der Waals surface area contributed by atoms with E-state index in [-0.39, 0.29) is 10.0 Å². The van der Waals surface area contributed by atoms with Crippen molar-refractivity contribution in [2.45, 2.75) is 4.90 Å². The molecule has 0 saturated carbocycles. The van der Waals surface area contributed by atoms with E-state index in [1.54, 1.807) is 0 Å². The lowest BCUT2D eigenvalue weighted by Gasteiger charge is -2.02. The van der Waals surface area contributed by atoms with Gasteiger partial charge < -0.3 is 0 Å². The van der Waals surface area contributed by atoms with Gasteiger partial charge in [-0.1, -0.05) is 29.3 Å². The van der Waals surface area contributed by atoms with Crippen molar-refractivity contribution in [3.8, 4) is 0 Å². The summed E-state index contributed by atoms with van der Waals surface area (Å²) < 4.78 is 42.5. The number of benzene rings is 1. The van der Waals surface area contributed by atoms with Crippen LogP contribution >= 0.6 is 31.5 Å². The third-order valence-corrected chi connectivity index (χ3v) is 4.84. The zero-order valence-electron chi connectivity index (χ0n) is 7.88. The molecule has 1 rings (SSSR count). The lowest BCUT2D eigenvalue weighted by Crippen LogP contribution is -2.03. The maximum absolute atomic E-state index is 11.6. The lowest BCUT2D eigenvalue weighted by atomic mass is 10.4. The molecule has 1 atom stereocenters. The van der Waals surface area contributed by atoms with E-state index in [4.69, 9.17) is 23.2 Å². The smallest absolute Gasteiger partial charge is 0.190 e. The summed E-state index contributed by atoms with van der Waals surface area (Å²) >= 11 is 11.3. The normalized spacial score (nSPS) is 12.6. The highest BCUT2D eigenvalue weighted by atomic mass is 35.5. The van der Waals surface area contributed by atoms with Crippen molar-refractivity contribution in [1.82, 2.24) is 0 Å². The van der Waals surface area contributed by atoms with Gasteiger partial charge >= 0.3 is 18.4 Å². The predicted molar refractivity (Wildman–Crippen MR) is 59.3 cm³/mol. The van der Waals surface area contributed by atoms with E-state index in [0.29, 0.717) is 0 Å². The van der Waals surface area contributed by atoms with Crippen molar-refractivity contribution >= 4 is 41.6 Å². The molecule has 0 fully saturated rings. The molecule has 0 aliphatic heterocycles. The third-order valence-electron chi connectivity index (χ3n) is 1.48. The molecule has 0 bridgehead atoms. The minimum absolute atomic E-state index is 0.119. The summed E-state index contributed by atoms with van der Waals surface area (Å²) in [5, 5.41) is -0.237. The summed E-state index contributed by atoms with van der Waals surface area (Å²) in [4.78, 5) is -0.432. The Morgan fingerprint density at radius 3 is 2.19 bits per heavy atom. The maximum Gasteiger partial charge on any atom is 0.714 e. The van der Waals surface area contributed by atoms with Crippen LogP contribution in [0, 0.1) is 0 Å². The van der Waals surface area contributed by atoms with Gasteiger partial charge in [0.1, 0.15) is 4.90 Å². The Kier molecular flexibility index (Phi) is 4.67. The Morgan fingerprint density at radius 2 is 1.75 bits per heavy atom. The molecule has 0 heterocycles. The number of halogens is 2. The Labute approximate surface area is 103 Å². The molecule has 16 heavy (non-hydrogen) atoms. The monoisotopic (exact) mass is 303 g/mol. The fourth-order valence-corrected chi connectivity index (χ4v) is 3.63. The van der Waals surface area contributed by atoms with Crippen molar-refractivity contribution in [3.05, 3.63) is 28.2 Å². The van der Waals surface area contributed by atoms with Gasteiger partial charge in [0, 0.05) is 8.54 Å². The average Bonchev–Trinajstić information content (AvgIpc) is 2.16. The molecule has 0 aliphatic carbocycles. The van der Waals surface area contributed by atoms with E-state index in [9.17, 15) is 13.0 Å². The second-order valence-corrected chi connectivity index (χ2v) is 6.03. The summed E-state index contributed by atoms with van der Waals surface area (Å²) in [5.74, 6) is 0. The number of hydrogen-bond acceptors (Lipinski definition) is 5. The highest BCUT2D eigenvalue weighted by Crippen LogP contribution is 2.35. The minimum Gasteiger partial charge on any atom is -0.190 e. The highest BCUT2D eigenvalue weighted by Gasteiger charge is 2.34. The molecule has 0 N–H and O–H groups in total.